The van der Waals surface area contributed by atoms with Crippen LogP contribution in [-0.4, -0.2) is 18.6 Å². The minimum absolute atomic E-state index is 0.163. The van der Waals surface area contributed by atoms with Gasteiger partial charge in [0.2, 0.25) is 0 Å². The van der Waals surface area contributed by atoms with Gasteiger partial charge in [-0.1, -0.05) is 0 Å². The van der Waals surface area contributed by atoms with Gasteiger partial charge < -0.3 is 10.3 Å². The molecule has 86 valence electrons. The molecule has 0 amide bonds. The minimum atomic E-state index is -0.163. The SMILES string of the molecule is CNCCCCc1c[nH]c2ccc(F)cc12. The Kier molecular flexibility index (Phi) is 3.57. The molecule has 0 aliphatic heterocycles. The van der Waals surface area contributed by atoms with E-state index in [2.05, 4.69) is 10.3 Å². The lowest BCUT2D eigenvalue weighted by Crippen LogP contribution is -2.07. The van der Waals surface area contributed by atoms with Crippen molar-refractivity contribution in [2.75, 3.05) is 13.6 Å². The first-order chi connectivity index (χ1) is 7.81. The number of benzene rings is 1. The number of unbranched alkanes of at least 4 members (excludes halogenated alkanes) is 1. The Bertz CT molecular complexity index is 462. The highest BCUT2D eigenvalue weighted by atomic mass is 19.1. The van der Waals surface area contributed by atoms with Gasteiger partial charge in [0.15, 0.2) is 0 Å². The first kappa shape index (κ1) is 11.1. The molecular formula is C13H17FN2. The summed E-state index contributed by atoms with van der Waals surface area (Å²) in [4.78, 5) is 3.17. The van der Waals surface area contributed by atoms with Gasteiger partial charge in [0, 0.05) is 17.1 Å². The van der Waals surface area contributed by atoms with Crippen LogP contribution in [0, 0.1) is 5.82 Å². The molecule has 0 bridgehead atoms. The number of halogens is 1. The highest BCUT2D eigenvalue weighted by Crippen LogP contribution is 2.20. The normalized spacial score (nSPS) is 11.1. The quantitative estimate of drug-likeness (QED) is 0.745. The Balaban J connectivity index is 2.09. The average molecular weight is 220 g/mol. The molecule has 16 heavy (non-hydrogen) atoms. The van der Waals surface area contributed by atoms with Crippen molar-refractivity contribution >= 4 is 10.9 Å². The van der Waals surface area contributed by atoms with Crippen molar-refractivity contribution in [1.29, 1.82) is 0 Å². The predicted molar refractivity (Wildman–Crippen MR) is 65.1 cm³/mol. The Morgan fingerprint density at radius 1 is 1.31 bits per heavy atom. The second-order valence-electron chi connectivity index (χ2n) is 4.06. The molecule has 1 aromatic heterocycles. The van der Waals surface area contributed by atoms with Crippen LogP contribution >= 0.6 is 0 Å². The molecule has 0 atom stereocenters. The van der Waals surface area contributed by atoms with E-state index in [1.165, 1.54) is 11.6 Å². The van der Waals surface area contributed by atoms with Crippen LogP contribution in [0.4, 0.5) is 4.39 Å². The fourth-order valence-electron chi connectivity index (χ4n) is 1.97. The maximum absolute atomic E-state index is 13.1. The zero-order valence-corrected chi connectivity index (χ0v) is 9.52. The van der Waals surface area contributed by atoms with Gasteiger partial charge in [-0.15, -0.1) is 0 Å². The first-order valence-corrected chi connectivity index (χ1v) is 5.71. The molecule has 2 nitrogen and oxygen atoms in total. The van der Waals surface area contributed by atoms with Crippen LogP contribution in [0.25, 0.3) is 10.9 Å². The van der Waals surface area contributed by atoms with E-state index in [1.807, 2.05) is 13.2 Å². The fourth-order valence-corrected chi connectivity index (χ4v) is 1.97. The zero-order valence-electron chi connectivity index (χ0n) is 9.52. The molecule has 0 fully saturated rings. The van der Waals surface area contributed by atoms with Crippen LogP contribution in [0.1, 0.15) is 18.4 Å². The smallest absolute Gasteiger partial charge is 0.123 e. The molecule has 0 aliphatic rings. The molecule has 0 radical (unpaired) electrons. The molecule has 3 heteroatoms. The molecule has 0 saturated carbocycles. The van der Waals surface area contributed by atoms with Crippen molar-refractivity contribution in [2.45, 2.75) is 19.3 Å². The Morgan fingerprint density at radius 3 is 3.00 bits per heavy atom. The summed E-state index contributed by atoms with van der Waals surface area (Å²) >= 11 is 0. The van der Waals surface area contributed by atoms with Crippen LogP contribution < -0.4 is 5.32 Å². The molecule has 2 N–H and O–H groups in total. The summed E-state index contributed by atoms with van der Waals surface area (Å²) in [5, 5.41) is 4.14. The monoisotopic (exact) mass is 220 g/mol. The lowest BCUT2D eigenvalue weighted by atomic mass is 10.1. The van der Waals surface area contributed by atoms with Crippen molar-refractivity contribution in [3.63, 3.8) is 0 Å². The maximum Gasteiger partial charge on any atom is 0.123 e. The topological polar surface area (TPSA) is 27.8 Å². The molecule has 1 heterocycles. The van der Waals surface area contributed by atoms with Gasteiger partial charge in [-0.2, -0.15) is 0 Å². The molecule has 2 aromatic rings. The number of aryl methyl sites for hydroxylation is 1. The molecular weight excluding hydrogens is 203 g/mol. The minimum Gasteiger partial charge on any atom is -0.361 e. The van der Waals surface area contributed by atoms with Crippen LogP contribution in [0.2, 0.25) is 0 Å². The summed E-state index contributed by atoms with van der Waals surface area (Å²) in [6, 6.07) is 4.89. The second kappa shape index (κ2) is 5.12. The van der Waals surface area contributed by atoms with E-state index in [9.17, 15) is 4.39 Å². The molecule has 2 rings (SSSR count). The van der Waals surface area contributed by atoms with E-state index in [4.69, 9.17) is 0 Å². The standard InChI is InChI=1S/C13H17FN2/c1-15-7-3-2-4-10-9-16-13-6-5-11(14)8-12(10)13/h5-6,8-9,15-16H,2-4,7H2,1H3. The summed E-state index contributed by atoms with van der Waals surface area (Å²) < 4.78 is 13.1. The van der Waals surface area contributed by atoms with E-state index in [-0.39, 0.29) is 5.82 Å². The molecule has 0 unspecified atom stereocenters. The van der Waals surface area contributed by atoms with Crippen molar-refractivity contribution < 1.29 is 4.39 Å². The Hall–Kier alpha value is -1.35. The van der Waals surface area contributed by atoms with E-state index < -0.39 is 0 Å². The predicted octanol–water partition coefficient (Wildman–Crippen LogP) is 2.85. The maximum atomic E-state index is 13.1. The van der Waals surface area contributed by atoms with Gasteiger partial charge >= 0.3 is 0 Å². The summed E-state index contributed by atoms with van der Waals surface area (Å²) in [6.07, 6.45) is 5.28. The highest BCUT2D eigenvalue weighted by molar-refractivity contribution is 5.83. The van der Waals surface area contributed by atoms with Gasteiger partial charge in [-0.05, 0) is 56.6 Å². The van der Waals surface area contributed by atoms with Crippen LogP contribution in [0.15, 0.2) is 24.4 Å². The third-order valence-electron chi connectivity index (χ3n) is 2.85. The van der Waals surface area contributed by atoms with Crippen molar-refractivity contribution in [1.82, 2.24) is 10.3 Å². The molecule has 1 aromatic carbocycles. The molecule has 0 spiro atoms. The second-order valence-corrected chi connectivity index (χ2v) is 4.06. The third-order valence-corrected chi connectivity index (χ3v) is 2.85. The first-order valence-electron chi connectivity index (χ1n) is 5.71. The van der Waals surface area contributed by atoms with Gasteiger partial charge in [0.1, 0.15) is 5.82 Å². The van der Waals surface area contributed by atoms with E-state index in [1.54, 1.807) is 12.1 Å². The Morgan fingerprint density at radius 2 is 2.19 bits per heavy atom. The van der Waals surface area contributed by atoms with Gasteiger partial charge in [0.25, 0.3) is 0 Å². The average Bonchev–Trinajstić information content (AvgIpc) is 2.67. The fraction of sp³-hybridized carbons (Fsp3) is 0.385. The van der Waals surface area contributed by atoms with Gasteiger partial charge in [-0.3, -0.25) is 0 Å². The molecule has 0 aliphatic carbocycles. The highest BCUT2D eigenvalue weighted by Gasteiger charge is 2.04. The third kappa shape index (κ3) is 2.42. The summed E-state index contributed by atoms with van der Waals surface area (Å²) in [5.74, 6) is -0.163. The molecule has 0 saturated heterocycles. The number of aromatic nitrogens is 1. The largest absolute Gasteiger partial charge is 0.361 e. The Labute approximate surface area is 94.9 Å². The van der Waals surface area contributed by atoms with Gasteiger partial charge in [0.05, 0.1) is 0 Å². The zero-order chi connectivity index (χ0) is 11.4. The summed E-state index contributed by atoms with van der Waals surface area (Å²) in [6.45, 7) is 1.04. The van der Waals surface area contributed by atoms with Crippen molar-refractivity contribution in [3.05, 3.63) is 35.8 Å². The lowest BCUT2D eigenvalue weighted by molar-refractivity contribution is 0.629. The van der Waals surface area contributed by atoms with E-state index >= 15 is 0 Å². The summed E-state index contributed by atoms with van der Waals surface area (Å²) in [5.41, 5.74) is 2.23. The van der Waals surface area contributed by atoms with E-state index in [0.717, 1.165) is 36.7 Å². The number of aromatic amines is 1. The number of nitrogens with one attached hydrogen (secondary N) is 2. The number of hydrogen-bond acceptors (Lipinski definition) is 1. The van der Waals surface area contributed by atoms with Crippen LogP contribution in [0.5, 0.6) is 0 Å². The number of H-pyrrole nitrogens is 1. The number of rotatable bonds is 5. The van der Waals surface area contributed by atoms with Crippen LogP contribution in [-0.2, 0) is 6.42 Å². The number of hydrogen-bond donors (Lipinski definition) is 2. The van der Waals surface area contributed by atoms with Crippen molar-refractivity contribution in [2.24, 2.45) is 0 Å². The lowest BCUT2D eigenvalue weighted by Gasteiger charge is -2.00. The van der Waals surface area contributed by atoms with Gasteiger partial charge in [-0.25, -0.2) is 4.39 Å². The van der Waals surface area contributed by atoms with E-state index in [0.29, 0.717) is 0 Å². The number of fused-ring (bicyclic) bond motifs is 1. The van der Waals surface area contributed by atoms with Crippen molar-refractivity contribution in [3.8, 4) is 0 Å². The van der Waals surface area contributed by atoms with Crippen LogP contribution in [0.3, 0.4) is 0 Å². The summed E-state index contributed by atoms with van der Waals surface area (Å²) in [7, 11) is 1.96.